The molecular formula is C6H13N7O2S. The molecular weight excluding hydrogens is 234 g/mol. The summed E-state index contributed by atoms with van der Waals surface area (Å²) in [5.41, 5.74) is 0. The standard InChI is InChI=1S/C6H13N7O2S/c1-12-9-6(8-11-12)10-16(14,15)13-4-2-7-3-5-13/h7H,2-5H2,1H3,(H,9,10). The van der Waals surface area contributed by atoms with Crippen molar-refractivity contribution in [3.8, 4) is 0 Å². The summed E-state index contributed by atoms with van der Waals surface area (Å²) < 4.78 is 27.3. The van der Waals surface area contributed by atoms with Gasteiger partial charge in [0.05, 0.1) is 7.05 Å². The maximum absolute atomic E-state index is 11.8. The number of rotatable bonds is 3. The van der Waals surface area contributed by atoms with Crippen LogP contribution >= 0.6 is 0 Å². The minimum absolute atomic E-state index is 0.0129. The lowest BCUT2D eigenvalue weighted by Gasteiger charge is -2.25. The van der Waals surface area contributed by atoms with Crippen LogP contribution in [-0.2, 0) is 17.3 Å². The smallest absolute Gasteiger partial charge is 0.304 e. The molecule has 10 heteroatoms. The van der Waals surface area contributed by atoms with Gasteiger partial charge in [-0.15, -0.1) is 5.10 Å². The summed E-state index contributed by atoms with van der Waals surface area (Å²) in [6, 6.07) is 0. The van der Waals surface area contributed by atoms with Crippen molar-refractivity contribution >= 4 is 16.2 Å². The minimum atomic E-state index is -3.56. The van der Waals surface area contributed by atoms with Gasteiger partial charge in [0.2, 0.25) is 0 Å². The molecule has 2 heterocycles. The van der Waals surface area contributed by atoms with E-state index in [1.54, 1.807) is 7.05 Å². The summed E-state index contributed by atoms with van der Waals surface area (Å²) in [6.45, 7) is 2.18. The second-order valence-electron chi connectivity index (χ2n) is 3.36. The van der Waals surface area contributed by atoms with E-state index in [2.05, 4.69) is 25.4 Å². The van der Waals surface area contributed by atoms with Crippen LogP contribution in [0.15, 0.2) is 0 Å². The van der Waals surface area contributed by atoms with E-state index in [0.29, 0.717) is 26.2 Å². The average Bonchev–Trinajstić information content (AvgIpc) is 2.64. The molecule has 0 spiro atoms. The molecule has 0 bridgehead atoms. The van der Waals surface area contributed by atoms with E-state index in [9.17, 15) is 8.42 Å². The third-order valence-corrected chi connectivity index (χ3v) is 3.63. The third-order valence-electron chi connectivity index (χ3n) is 2.14. The van der Waals surface area contributed by atoms with Crippen molar-refractivity contribution in [1.29, 1.82) is 0 Å². The Bertz CT molecular complexity index is 449. The van der Waals surface area contributed by atoms with Gasteiger partial charge >= 0.3 is 10.2 Å². The molecule has 2 N–H and O–H groups in total. The van der Waals surface area contributed by atoms with E-state index in [4.69, 9.17) is 0 Å². The van der Waals surface area contributed by atoms with Crippen molar-refractivity contribution in [3.05, 3.63) is 0 Å². The Kier molecular flexibility index (Phi) is 3.03. The maximum atomic E-state index is 11.8. The van der Waals surface area contributed by atoms with Crippen LogP contribution in [-0.4, -0.2) is 59.1 Å². The van der Waals surface area contributed by atoms with Crippen LogP contribution < -0.4 is 10.0 Å². The molecule has 1 aliphatic heterocycles. The zero-order valence-corrected chi connectivity index (χ0v) is 9.61. The lowest BCUT2D eigenvalue weighted by atomic mass is 10.4. The second kappa shape index (κ2) is 4.31. The zero-order valence-electron chi connectivity index (χ0n) is 8.79. The summed E-state index contributed by atoms with van der Waals surface area (Å²) in [4.78, 5) is 1.19. The van der Waals surface area contributed by atoms with Crippen molar-refractivity contribution in [3.63, 3.8) is 0 Å². The molecule has 1 fully saturated rings. The molecule has 1 aliphatic rings. The molecule has 0 amide bonds. The largest absolute Gasteiger partial charge is 0.314 e. The quantitative estimate of drug-likeness (QED) is 0.626. The van der Waals surface area contributed by atoms with Gasteiger partial charge in [0.15, 0.2) is 0 Å². The second-order valence-corrected chi connectivity index (χ2v) is 5.03. The minimum Gasteiger partial charge on any atom is -0.314 e. The number of hydrogen-bond acceptors (Lipinski definition) is 6. The van der Waals surface area contributed by atoms with Gasteiger partial charge in [-0.25, -0.2) is 4.72 Å². The number of aryl methyl sites for hydroxylation is 1. The molecule has 1 aromatic heterocycles. The van der Waals surface area contributed by atoms with E-state index in [-0.39, 0.29) is 5.95 Å². The van der Waals surface area contributed by atoms with Crippen molar-refractivity contribution in [2.45, 2.75) is 0 Å². The molecule has 0 radical (unpaired) electrons. The highest BCUT2D eigenvalue weighted by Gasteiger charge is 2.24. The predicted octanol–water partition coefficient (Wildman–Crippen LogP) is -2.23. The molecule has 90 valence electrons. The van der Waals surface area contributed by atoms with Gasteiger partial charge in [0, 0.05) is 26.2 Å². The molecule has 1 saturated heterocycles. The van der Waals surface area contributed by atoms with Gasteiger partial charge in [-0.1, -0.05) is 5.10 Å². The fraction of sp³-hybridized carbons (Fsp3) is 0.833. The Morgan fingerprint density at radius 2 is 2.06 bits per heavy atom. The zero-order chi connectivity index (χ0) is 11.6. The van der Waals surface area contributed by atoms with Crippen molar-refractivity contribution in [2.75, 3.05) is 30.9 Å². The molecule has 0 atom stereocenters. The summed E-state index contributed by atoms with van der Waals surface area (Å²) >= 11 is 0. The van der Waals surface area contributed by atoms with E-state index >= 15 is 0 Å². The number of piperazine rings is 1. The van der Waals surface area contributed by atoms with Crippen LogP contribution in [0.3, 0.4) is 0 Å². The van der Waals surface area contributed by atoms with Crippen LogP contribution in [0.4, 0.5) is 5.95 Å². The topological polar surface area (TPSA) is 105 Å². The Labute approximate surface area is 93.0 Å². The Hall–Kier alpha value is -1.26. The normalized spacial score (nSPS) is 18.6. The first-order valence-corrected chi connectivity index (χ1v) is 6.24. The van der Waals surface area contributed by atoms with Crippen LogP contribution in [0.5, 0.6) is 0 Å². The van der Waals surface area contributed by atoms with E-state index in [1.165, 1.54) is 9.10 Å². The van der Waals surface area contributed by atoms with Gasteiger partial charge in [-0.05, 0) is 5.21 Å². The fourth-order valence-corrected chi connectivity index (χ4v) is 2.49. The highest BCUT2D eigenvalue weighted by molar-refractivity contribution is 7.90. The van der Waals surface area contributed by atoms with Crippen molar-refractivity contribution < 1.29 is 8.42 Å². The Morgan fingerprint density at radius 3 is 2.62 bits per heavy atom. The number of tetrazole rings is 1. The first-order valence-electron chi connectivity index (χ1n) is 4.80. The van der Waals surface area contributed by atoms with Gasteiger partial charge < -0.3 is 5.32 Å². The number of nitrogens with zero attached hydrogens (tertiary/aromatic N) is 5. The van der Waals surface area contributed by atoms with Crippen LogP contribution in [0.25, 0.3) is 0 Å². The number of aromatic nitrogens is 4. The molecule has 1 aromatic rings. The first-order chi connectivity index (χ1) is 7.58. The molecule has 2 rings (SSSR count). The Balaban J connectivity index is 2.07. The molecule has 0 aromatic carbocycles. The number of hydrogen-bond donors (Lipinski definition) is 2. The lowest BCUT2D eigenvalue weighted by molar-refractivity contribution is 0.362. The third kappa shape index (κ3) is 2.46. The summed E-state index contributed by atoms with van der Waals surface area (Å²) in [5, 5.41) is 13.9. The highest BCUT2D eigenvalue weighted by Crippen LogP contribution is 2.05. The fourth-order valence-electron chi connectivity index (χ4n) is 1.39. The van der Waals surface area contributed by atoms with Gasteiger partial charge in [0.25, 0.3) is 5.95 Å². The molecule has 9 nitrogen and oxygen atoms in total. The Morgan fingerprint density at radius 1 is 1.38 bits per heavy atom. The SMILES string of the molecule is Cn1nnc(NS(=O)(=O)N2CCNCC2)n1. The monoisotopic (exact) mass is 247 g/mol. The van der Waals surface area contributed by atoms with E-state index < -0.39 is 10.2 Å². The summed E-state index contributed by atoms with van der Waals surface area (Å²) in [5.74, 6) is -0.0129. The van der Waals surface area contributed by atoms with Gasteiger partial charge in [0.1, 0.15) is 0 Å². The van der Waals surface area contributed by atoms with Crippen LogP contribution in [0.1, 0.15) is 0 Å². The van der Waals surface area contributed by atoms with Gasteiger partial charge in [-0.2, -0.15) is 17.5 Å². The first kappa shape index (κ1) is 11.2. The predicted molar refractivity (Wildman–Crippen MR) is 55.8 cm³/mol. The maximum Gasteiger partial charge on any atom is 0.304 e. The van der Waals surface area contributed by atoms with Crippen molar-refractivity contribution in [2.24, 2.45) is 7.05 Å². The van der Waals surface area contributed by atoms with Crippen LogP contribution in [0.2, 0.25) is 0 Å². The van der Waals surface area contributed by atoms with E-state index in [0.717, 1.165) is 0 Å². The molecule has 0 unspecified atom stereocenters. The number of anilines is 1. The molecule has 0 aliphatic carbocycles. The number of nitrogens with one attached hydrogen (secondary N) is 2. The summed E-state index contributed by atoms with van der Waals surface area (Å²) in [7, 11) is -1.99. The van der Waals surface area contributed by atoms with Crippen molar-refractivity contribution in [1.82, 2.24) is 29.8 Å². The molecule has 16 heavy (non-hydrogen) atoms. The average molecular weight is 247 g/mol. The molecule has 0 saturated carbocycles. The summed E-state index contributed by atoms with van der Waals surface area (Å²) in [6.07, 6.45) is 0. The van der Waals surface area contributed by atoms with E-state index in [1.807, 2.05) is 0 Å². The lowest BCUT2D eigenvalue weighted by Crippen LogP contribution is -2.48. The van der Waals surface area contributed by atoms with Crippen LogP contribution in [0, 0.1) is 0 Å². The highest BCUT2D eigenvalue weighted by atomic mass is 32.2. The van der Waals surface area contributed by atoms with Gasteiger partial charge in [-0.3, -0.25) is 0 Å².